The third kappa shape index (κ3) is 7.76. The van der Waals surface area contributed by atoms with E-state index in [2.05, 4.69) is 15.6 Å². The molecule has 2 unspecified atom stereocenters. The first-order valence-electron chi connectivity index (χ1n) is 13.1. The monoisotopic (exact) mass is 624 g/mol. The number of pyridine rings is 1. The molecule has 2 amide bonds. The maximum Gasteiger partial charge on any atom is 0.305 e. The number of halogens is 2. The van der Waals surface area contributed by atoms with Gasteiger partial charge < -0.3 is 24.7 Å². The minimum absolute atomic E-state index is 0.0380. The molecule has 0 radical (unpaired) electrons. The van der Waals surface area contributed by atoms with Crippen LogP contribution in [-0.4, -0.2) is 44.3 Å². The number of rotatable bonds is 12. The normalized spacial score (nSPS) is 12.3. The van der Waals surface area contributed by atoms with E-state index in [1.807, 2.05) is 30.3 Å². The highest BCUT2D eigenvalue weighted by molar-refractivity contribution is 6.39. The molecule has 43 heavy (non-hydrogen) atoms. The van der Waals surface area contributed by atoms with Crippen LogP contribution in [0, 0.1) is 0 Å². The Hall–Kier alpha value is -4.74. The standard InChI is InChI=1S/C30H26Cl2N4O7/c1-17(36-14-6-11-21(30(36)42)34-24(37)13-12-18-7-3-2-4-8-18)28(41)35-22(15-25(38)39)27(40)29-33-16-23(43-29)26-19(31)9-5-10-20(26)32/h2-11,14,16-17,22H,12-13,15H2,1H3,(H,34,37)(H,35,41)(H,38,39). The van der Waals surface area contributed by atoms with Gasteiger partial charge in [0.2, 0.25) is 17.6 Å². The summed E-state index contributed by atoms with van der Waals surface area (Å²) in [5.74, 6) is -3.89. The van der Waals surface area contributed by atoms with Crippen LogP contribution >= 0.6 is 23.2 Å². The van der Waals surface area contributed by atoms with Gasteiger partial charge in [-0.05, 0) is 43.2 Å². The number of carboxylic acids is 1. The van der Waals surface area contributed by atoms with E-state index < -0.39 is 47.6 Å². The molecule has 4 aromatic rings. The summed E-state index contributed by atoms with van der Waals surface area (Å²) in [6, 6.07) is 14.3. The van der Waals surface area contributed by atoms with Crippen molar-refractivity contribution in [1.29, 1.82) is 0 Å². The molecule has 2 aromatic heterocycles. The van der Waals surface area contributed by atoms with Crippen molar-refractivity contribution in [3.63, 3.8) is 0 Å². The summed E-state index contributed by atoms with van der Waals surface area (Å²) in [5.41, 5.74) is 0.556. The number of aliphatic carboxylic acids is 1. The van der Waals surface area contributed by atoms with Crippen molar-refractivity contribution in [3.05, 3.63) is 105 Å². The quantitative estimate of drug-likeness (QED) is 0.190. The van der Waals surface area contributed by atoms with Gasteiger partial charge in [0.1, 0.15) is 17.8 Å². The van der Waals surface area contributed by atoms with E-state index in [0.717, 1.165) is 10.1 Å². The largest absolute Gasteiger partial charge is 0.481 e. The third-order valence-corrected chi connectivity index (χ3v) is 7.10. The third-order valence-electron chi connectivity index (χ3n) is 6.47. The minimum Gasteiger partial charge on any atom is -0.481 e. The zero-order valence-electron chi connectivity index (χ0n) is 22.8. The predicted octanol–water partition coefficient (Wildman–Crippen LogP) is 4.78. The van der Waals surface area contributed by atoms with Crippen LogP contribution < -0.4 is 16.2 Å². The number of Topliss-reactive ketones (excluding diaryl/α,β-unsaturated/α-hetero) is 1. The van der Waals surface area contributed by atoms with E-state index in [9.17, 15) is 29.1 Å². The molecule has 222 valence electrons. The van der Waals surface area contributed by atoms with Gasteiger partial charge in [-0.1, -0.05) is 59.6 Å². The zero-order chi connectivity index (χ0) is 31.1. The lowest BCUT2D eigenvalue weighted by atomic mass is 10.1. The van der Waals surface area contributed by atoms with Gasteiger partial charge in [0, 0.05) is 12.6 Å². The first-order chi connectivity index (χ1) is 20.5. The molecule has 0 saturated heterocycles. The number of oxazole rings is 1. The Morgan fingerprint density at radius 3 is 2.37 bits per heavy atom. The molecule has 4 rings (SSSR count). The number of benzene rings is 2. The highest BCUT2D eigenvalue weighted by atomic mass is 35.5. The van der Waals surface area contributed by atoms with Crippen molar-refractivity contribution in [3.8, 4) is 11.3 Å². The van der Waals surface area contributed by atoms with Crippen LogP contribution in [0.4, 0.5) is 5.69 Å². The lowest BCUT2D eigenvalue weighted by Gasteiger charge is -2.20. The molecule has 0 aliphatic heterocycles. The number of nitrogens with zero attached hydrogens (tertiary/aromatic N) is 2. The number of anilines is 1. The number of aromatic nitrogens is 2. The fourth-order valence-electron chi connectivity index (χ4n) is 4.21. The number of amides is 2. The van der Waals surface area contributed by atoms with Crippen LogP contribution in [0.2, 0.25) is 10.0 Å². The van der Waals surface area contributed by atoms with Crippen molar-refractivity contribution in [2.45, 2.75) is 38.3 Å². The molecule has 11 nitrogen and oxygen atoms in total. The van der Waals surface area contributed by atoms with Gasteiger partial charge >= 0.3 is 5.97 Å². The molecule has 0 aliphatic carbocycles. The smallest absolute Gasteiger partial charge is 0.305 e. The summed E-state index contributed by atoms with van der Waals surface area (Å²) in [5, 5.41) is 14.8. The van der Waals surface area contributed by atoms with E-state index >= 15 is 0 Å². The number of carbonyl (C=O) groups excluding carboxylic acids is 3. The molecule has 0 fully saturated rings. The van der Waals surface area contributed by atoms with Crippen LogP contribution in [0.25, 0.3) is 11.3 Å². The molecule has 3 N–H and O–H groups in total. The van der Waals surface area contributed by atoms with Crippen LogP contribution in [-0.2, 0) is 20.8 Å². The molecule has 2 heterocycles. The molecule has 2 aromatic carbocycles. The maximum absolute atomic E-state index is 13.2. The highest BCUT2D eigenvalue weighted by Gasteiger charge is 2.31. The summed E-state index contributed by atoms with van der Waals surface area (Å²) in [6.07, 6.45) is 2.38. The Bertz CT molecular complexity index is 1700. The average Bonchev–Trinajstić information content (AvgIpc) is 3.46. The number of carbonyl (C=O) groups is 4. The van der Waals surface area contributed by atoms with E-state index in [-0.39, 0.29) is 39.4 Å². The highest BCUT2D eigenvalue weighted by Crippen LogP contribution is 2.35. The lowest BCUT2D eigenvalue weighted by molar-refractivity contribution is -0.137. The minimum atomic E-state index is -1.57. The van der Waals surface area contributed by atoms with Gasteiger partial charge in [-0.2, -0.15) is 0 Å². The second-order valence-corrected chi connectivity index (χ2v) is 10.3. The summed E-state index contributed by atoms with van der Waals surface area (Å²) in [4.78, 5) is 67.4. The Balaban J connectivity index is 1.47. The summed E-state index contributed by atoms with van der Waals surface area (Å²) in [6.45, 7) is 1.39. The number of hydrogen-bond acceptors (Lipinski definition) is 7. The average molecular weight is 625 g/mol. The van der Waals surface area contributed by atoms with Gasteiger partial charge in [0.25, 0.3) is 11.4 Å². The summed E-state index contributed by atoms with van der Waals surface area (Å²) >= 11 is 12.4. The number of aryl methyl sites for hydroxylation is 1. The zero-order valence-corrected chi connectivity index (χ0v) is 24.3. The fraction of sp³-hybridized carbons (Fsp3) is 0.200. The van der Waals surface area contributed by atoms with Crippen LogP contribution in [0.1, 0.15) is 42.1 Å². The second-order valence-electron chi connectivity index (χ2n) is 9.49. The van der Waals surface area contributed by atoms with Gasteiger partial charge in [0.05, 0.1) is 28.2 Å². The van der Waals surface area contributed by atoms with E-state index in [4.69, 9.17) is 27.6 Å². The molecule has 0 aliphatic rings. The Morgan fingerprint density at radius 2 is 1.70 bits per heavy atom. The Morgan fingerprint density at radius 1 is 1.00 bits per heavy atom. The number of nitrogens with one attached hydrogen (secondary N) is 2. The van der Waals surface area contributed by atoms with E-state index in [1.165, 1.54) is 31.5 Å². The van der Waals surface area contributed by atoms with E-state index in [1.54, 1.807) is 18.2 Å². The summed E-state index contributed by atoms with van der Waals surface area (Å²) in [7, 11) is 0. The van der Waals surface area contributed by atoms with E-state index in [0.29, 0.717) is 6.42 Å². The lowest BCUT2D eigenvalue weighted by Crippen LogP contribution is -2.46. The number of carboxylic acid groups (broad SMARTS) is 1. The predicted molar refractivity (Wildman–Crippen MR) is 159 cm³/mol. The maximum atomic E-state index is 13.2. The first kappa shape index (κ1) is 31.2. The molecule has 0 bridgehead atoms. The molecular formula is C30H26Cl2N4O7. The number of ketones is 1. The van der Waals surface area contributed by atoms with Crippen LogP contribution in [0.15, 0.2) is 82.3 Å². The van der Waals surface area contributed by atoms with Crippen molar-refractivity contribution in [1.82, 2.24) is 14.9 Å². The van der Waals surface area contributed by atoms with Gasteiger partial charge in [-0.25, -0.2) is 4.98 Å². The molecule has 0 spiro atoms. The molecule has 0 saturated carbocycles. The number of hydrogen-bond donors (Lipinski definition) is 3. The van der Waals surface area contributed by atoms with Crippen molar-refractivity contribution in [2.24, 2.45) is 0 Å². The SMILES string of the molecule is CC(C(=O)NC(CC(=O)O)C(=O)c1ncc(-c2c(Cl)cccc2Cl)o1)n1cccc(NC(=O)CCc2ccccc2)c1=O. The molecule has 13 heteroatoms. The van der Waals surface area contributed by atoms with Gasteiger partial charge in [0.15, 0.2) is 5.76 Å². The first-order valence-corrected chi connectivity index (χ1v) is 13.8. The fourth-order valence-corrected chi connectivity index (χ4v) is 4.80. The summed E-state index contributed by atoms with van der Waals surface area (Å²) < 4.78 is 6.60. The van der Waals surface area contributed by atoms with Crippen molar-refractivity contribution in [2.75, 3.05) is 5.32 Å². The second kappa shape index (κ2) is 14.0. The Kier molecular flexibility index (Phi) is 10.1. The van der Waals surface area contributed by atoms with Gasteiger partial charge in [-0.3, -0.25) is 24.0 Å². The molecule has 2 atom stereocenters. The van der Waals surface area contributed by atoms with Crippen LogP contribution in [0.3, 0.4) is 0 Å². The Labute approximate surface area is 255 Å². The van der Waals surface area contributed by atoms with Gasteiger partial charge in [-0.15, -0.1) is 0 Å². The van der Waals surface area contributed by atoms with Crippen molar-refractivity contribution < 1.29 is 28.7 Å². The van der Waals surface area contributed by atoms with Crippen molar-refractivity contribution >= 4 is 52.5 Å². The topological polar surface area (TPSA) is 161 Å². The molecular weight excluding hydrogens is 599 g/mol. The van der Waals surface area contributed by atoms with Crippen LogP contribution in [0.5, 0.6) is 0 Å².